The lowest BCUT2D eigenvalue weighted by atomic mass is 10.2. The number of para-hydroxylation sites is 1. The van der Waals surface area contributed by atoms with Crippen LogP contribution < -0.4 is 9.64 Å². The van der Waals surface area contributed by atoms with Crippen molar-refractivity contribution in [3.63, 3.8) is 0 Å². The Morgan fingerprint density at radius 2 is 1.69 bits per heavy atom. The fourth-order valence-corrected chi connectivity index (χ4v) is 3.93. The second-order valence-corrected chi connectivity index (χ2v) is 8.77. The van der Waals surface area contributed by atoms with E-state index in [2.05, 4.69) is 4.90 Å². The van der Waals surface area contributed by atoms with Gasteiger partial charge in [0.05, 0.1) is 9.82 Å². The molecule has 2 aromatic carbocycles. The van der Waals surface area contributed by atoms with Crippen molar-refractivity contribution in [2.75, 3.05) is 37.7 Å². The number of hydrogen-bond acceptors (Lipinski definition) is 7. The third-order valence-electron chi connectivity index (χ3n) is 4.85. The van der Waals surface area contributed by atoms with Crippen molar-refractivity contribution in [2.45, 2.75) is 10.4 Å². The number of nitro groups is 1. The average molecular weight is 473 g/mol. The Bertz CT molecular complexity index is 1100. The van der Waals surface area contributed by atoms with Gasteiger partial charge < -0.3 is 14.5 Å². The number of benzene rings is 2. The first-order valence-corrected chi connectivity index (χ1v) is 10.8. The summed E-state index contributed by atoms with van der Waals surface area (Å²) in [5.74, 6) is -0.966. The summed E-state index contributed by atoms with van der Waals surface area (Å²) in [5, 5.41) is 11.2. The summed E-state index contributed by atoms with van der Waals surface area (Å²) >= 11 is 0. The first-order valence-electron chi connectivity index (χ1n) is 9.31. The number of anilines is 1. The number of nitrogens with zero attached hydrogens (tertiary/aromatic N) is 3. The van der Waals surface area contributed by atoms with Crippen LogP contribution in [0.15, 0.2) is 53.4 Å². The van der Waals surface area contributed by atoms with Crippen LogP contribution in [-0.4, -0.2) is 62.4 Å². The van der Waals surface area contributed by atoms with Gasteiger partial charge in [0.15, 0.2) is 12.4 Å². The summed E-state index contributed by atoms with van der Waals surface area (Å²) in [6, 6.07) is 11.1. The van der Waals surface area contributed by atoms with E-state index in [9.17, 15) is 36.5 Å². The molecule has 9 nitrogen and oxygen atoms in total. The molecule has 32 heavy (non-hydrogen) atoms. The molecule has 13 heteroatoms. The number of hydrogen-bond donors (Lipinski definition) is 0. The molecule has 1 amide bonds. The summed E-state index contributed by atoms with van der Waals surface area (Å²) in [6.45, 7) is 1.33. The summed E-state index contributed by atoms with van der Waals surface area (Å²) in [6.07, 6.45) is 0. The first-order chi connectivity index (χ1) is 15.0. The van der Waals surface area contributed by atoms with Crippen molar-refractivity contribution in [3.05, 3.63) is 58.6 Å². The lowest BCUT2D eigenvalue weighted by Gasteiger charge is -2.36. The molecule has 1 heterocycles. The standard InChI is InChI=1S/C19H18F3N3O6S/c20-19(21,22)32(29,30)15-6-7-17(16(12-15)25(27)28)31-13-18(26)24-10-8-23(9-11-24)14-4-2-1-3-5-14/h1-7,12H,8-11,13H2. The van der Waals surface area contributed by atoms with Crippen molar-refractivity contribution in [1.82, 2.24) is 4.90 Å². The van der Waals surface area contributed by atoms with E-state index < -0.39 is 49.1 Å². The minimum absolute atomic E-state index is 0.265. The molecule has 0 spiro atoms. The number of carbonyl (C=O) groups excluding carboxylic acids is 1. The van der Waals surface area contributed by atoms with E-state index in [0.29, 0.717) is 32.2 Å². The maximum Gasteiger partial charge on any atom is 0.501 e. The molecule has 0 aromatic heterocycles. The van der Waals surface area contributed by atoms with E-state index in [4.69, 9.17) is 4.74 Å². The van der Waals surface area contributed by atoms with Crippen molar-refractivity contribution in [1.29, 1.82) is 0 Å². The Labute approximate surface area is 181 Å². The maximum atomic E-state index is 12.7. The Morgan fingerprint density at radius 3 is 2.25 bits per heavy atom. The van der Waals surface area contributed by atoms with Crippen LogP contribution in [0.25, 0.3) is 0 Å². The Balaban J connectivity index is 1.65. The molecule has 0 N–H and O–H groups in total. The van der Waals surface area contributed by atoms with Gasteiger partial charge in [0.1, 0.15) is 0 Å². The van der Waals surface area contributed by atoms with Gasteiger partial charge in [-0.05, 0) is 24.3 Å². The Morgan fingerprint density at radius 1 is 1.06 bits per heavy atom. The zero-order chi connectivity index (χ0) is 23.5. The molecule has 1 aliphatic heterocycles. The van der Waals surface area contributed by atoms with Gasteiger partial charge in [-0.2, -0.15) is 13.2 Å². The molecule has 0 radical (unpaired) electrons. The molecule has 0 saturated carbocycles. The highest BCUT2D eigenvalue weighted by Crippen LogP contribution is 2.35. The Hall–Kier alpha value is -3.35. The monoisotopic (exact) mass is 473 g/mol. The number of carbonyl (C=O) groups is 1. The maximum absolute atomic E-state index is 12.7. The normalized spacial score (nSPS) is 14.8. The number of ether oxygens (including phenoxy) is 1. The summed E-state index contributed by atoms with van der Waals surface area (Å²) in [5.41, 5.74) is -5.58. The third-order valence-corrected chi connectivity index (χ3v) is 6.33. The van der Waals surface area contributed by atoms with Gasteiger partial charge in [0.25, 0.3) is 15.7 Å². The molecular formula is C19H18F3N3O6S. The van der Waals surface area contributed by atoms with Crippen molar-refractivity contribution in [2.24, 2.45) is 0 Å². The zero-order valence-electron chi connectivity index (χ0n) is 16.5. The fraction of sp³-hybridized carbons (Fsp3) is 0.316. The van der Waals surface area contributed by atoms with Gasteiger partial charge >= 0.3 is 11.2 Å². The predicted molar refractivity (Wildman–Crippen MR) is 107 cm³/mol. The first kappa shape index (κ1) is 23.3. The van der Waals surface area contributed by atoms with Gasteiger partial charge in [-0.25, -0.2) is 8.42 Å². The van der Waals surface area contributed by atoms with E-state index in [1.165, 1.54) is 4.90 Å². The smallest absolute Gasteiger partial charge is 0.477 e. The molecule has 1 aliphatic rings. The van der Waals surface area contributed by atoms with Crippen LogP contribution in [0.5, 0.6) is 5.75 Å². The second-order valence-electron chi connectivity index (χ2n) is 6.83. The fourth-order valence-electron chi connectivity index (χ4n) is 3.15. The van der Waals surface area contributed by atoms with Crippen LogP contribution in [0.1, 0.15) is 0 Å². The number of piperazine rings is 1. The number of amides is 1. The molecule has 172 valence electrons. The van der Waals surface area contributed by atoms with E-state index in [1.54, 1.807) is 0 Å². The summed E-state index contributed by atoms with van der Waals surface area (Å²) in [4.78, 5) is 24.9. The minimum atomic E-state index is -5.77. The van der Waals surface area contributed by atoms with Crippen molar-refractivity contribution >= 4 is 27.1 Å². The number of alkyl halides is 3. The quantitative estimate of drug-likeness (QED) is 0.469. The SMILES string of the molecule is O=C(COc1ccc(S(=O)(=O)C(F)(F)F)cc1[N+](=O)[O-])N1CCN(c2ccccc2)CC1. The third kappa shape index (κ3) is 4.93. The highest BCUT2D eigenvalue weighted by Gasteiger charge is 2.47. The van der Waals surface area contributed by atoms with Gasteiger partial charge in [-0.15, -0.1) is 0 Å². The van der Waals surface area contributed by atoms with E-state index in [0.717, 1.165) is 11.8 Å². The van der Waals surface area contributed by atoms with Crippen LogP contribution in [0, 0.1) is 10.1 Å². The van der Waals surface area contributed by atoms with E-state index >= 15 is 0 Å². The highest BCUT2D eigenvalue weighted by atomic mass is 32.2. The predicted octanol–water partition coefficient (Wildman–Crippen LogP) is 2.62. The van der Waals surface area contributed by atoms with Crippen LogP contribution in [-0.2, 0) is 14.6 Å². The minimum Gasteiger partial charge on any atom is -0.477 e. The Kier molecular flexibility index (Phi) is 6.57. The lowest BCUT2D eigenvalue weighted by molar-refractivity contribution is -0.386. The highest BCUT2D eigenvalue weighted by molar-refractivity contribution is 7.92. The molecule has 0 bridgehead atoms. The molecule has 2 aromatic rings. The van der Waals surface area contributed by atoms with E-state index in [-0.39, 0.29) is 6.07 Å². The van der Waals surface area contributed by atoms with Crippen molar-refractivity contribution in [3.8, 4) is 5.75 Å². The zero-order valence-corrected chi connectivity index (χ0v) is 17.3. The van der Waals surface area contributed by atoms with E-state index in [1.807, 2.05) is 30.3 Å². The van der Waals surface area contributed by atoms with Gasteiger partial charge in [0.2, 0.25) is 0 Å². The molecule has 1 saturated heterocycles. The number of rotatable bonds is 6. The van der Waals surface area contributed by atoms with Gasteiger partial charge in [-0.3, -0.25) is 14.9 Å². The molecule has 3 rings (SSSR count). The number of sulfone groups is 1. The summed E-state index contributed by atoms with van der Waals surface area (Å²) < 4.78 is 66.2. The molecule has 0 unspecified atom stereocenters. The molecule has 0 aliphatic carbocycles. The topological polar surface area (TPSA) is 110 Å². The largest absolute Gasteiger partial charge is 0.501 e. The summed E-state index contributed by atoms with van der Waals surface area (Å²) in [7, 11) is -5.77. The van der Waals surface area contributed by atoms with Gasteiger partial charge in [0, 0.05) is 37.9 Å². The number of nitro benzene ring substituents is 1. The molecule has 1 fully saturated rings. The van der Waals surface area contributed by atoms with Crippen LogP contribution in [0.4, 0.5) is 24.5 Å². The molecular weight excluding hydrogens is 455 g/mol. The van der Waals surface area contributed by atoms with Gasteiger partial charge in [-0.1, -0.05) is 18.2 Å². The second kappa shape index (κ2) is 9.02. The average Bonchev–Trinajstić information content (AvgIpc) is 2.77. The number of halogens is 3. The van der Waals surface area contributed by atoms with Crippen LogP contribution in [0.2, 0.25) is 0 Å². The molecule has 0 atom stereocenters. The van der Waals surface area contributed by atoms with Crippen LogP contribution >= 0.6 is 0 Å². The lowest BCUT2D eigenvalue weighted by Crippen LogP contribution is -2.50. The van der Waals surface area contributed by atoms with Crippen LogP contribution in [0.3, 0.4) is 0 Å². The van der Waals surface area contributed by atoms with Crippen molar-refractivity contribution < 1.29 is 36.0 Å².